The van der Waals surface area contributed by atoms with Crippen LogP contribution >= 0.6 is 11.3 Å². The Balaban J connectivity index is 1.77. The van der Waals surface area contributed by atoms with E-state index in [1.807, 2.05) is 20.2 Å². The first-order valence-electron chi connectivity index (χ1n) is 7.97. The predicted octanol–water partition coefficient (Wildman–Crippen LogP) is 3.12. The van der Waals surface area contributed by atoms with E-state index in [4.69, 9.17) is 0 Å². The Morgan fingerprint density at radius 1 is 1.35 bits per heavy atom. The zero-order valence-corrected chi connectivity index (χ0v) is 14.9. The maximum Gasteiger partial charge on any atom is 0.220 e. The highest BCUT2D eigenvalue weighted by Gasteiger charge is 2.07. The van der Waals surface area contributed by atoms with E-state index in [1.165, 1.54) is 5.56 Å². The molecule has 0 aliphatic heterocycles. The zero-order valence-electron chi connectivity index (χ0n) is 14.1. The summed E-state index contributed by atoms with van der Waals surface area (Å²) in [6.45, 7) is 3.81. The van der Waals surface area contributed by atoms with Crippen LogP contribution in [0.5, 0.6) is 0 Å². The summed E-state index contributed by atoms with van der Waals surface area (Å²) in [4.78, 5) is 18.6. The highest BCUT2D eigenvalue weighted by atomic mass is 32.1. The molecule has 0 atom stereocenters. The van der Waals surface area contributed by atoms with Crippen molar-refractivity contribution < 1.29 is 4.79 Å². The van der Waals surface area contributed by atoms with E-state index in [2.05, 4.69) is 45.7 Å². The average molecular weight is 331 g/mol. The zero-order chi connectivity index (χ0) is 16.7. The van der Waals surface area contributed by atoms with Crippen LogP contribution in [-0.4, -0.2) is 43.0 Å². The molecule has 1 aromatic heterocycles. The lowest BCUT2D eigenvalue weighted by Gasteiger charge is -2.09. The Labute approximate surface area is 142 Å². The number of hydrogen-bond donors (Lipinski definition) is 1. The molecule has 0 radical (unpaired) electrons. The average Bonchev–Trinajstić information content (AvgIpc) is 2.98. The molecule has 0 saturated carbocycles. The number of nitrogens with one attached hydrogen (secondary N) is 1. The van der Waals surface area contributed by atoms with Crippen molar-refractivity contribution in [2.45, 2.75) is 26.2 Å². The van der Waals surface area contributed by atoms with Gasteiger partial charge in [-0.1, -0.05) is 23.8 Å². The van der Waals surface area contributed by atoms with Crippen molar-refractivity contribution in [2.24, 2.45) is 0 Å². The summed E-state index contributed by atoms with van der Waals surface area (Å²) in [5, 5.41) is 6.04. The number of nitrogens with zero attached hydrogens (tertiary/aromatic N) is 2. The minimum Gasteiger partial charge on any atom is -0.356 e. The van der Waals surface area contributed by atoms with Crippen LogP contribution in [0.4, 0.5) is 0 Å². The largest absolute Gasteiger partial charge is 0.356 e. The maximum atomic E-state index is 11.8. The maximum absolute atomic E-state index is 11.8. The molecule has 0 unspecified atom stereocenters. The third kappa shape index (κ3) is 6.12. The van der Waals surface area contributed by atoms with Gasteiger partial charge < -0.3 is 10.2 Å². The fraction of sp³-hybridized carbons (Fsp3) is 0.444. The number of rotatable bonds is 8. The summed E-state index contributed by atoms with van der Waals surface area (Å²) in [7, 11) is 4.08. The smallest absolute Gasteiger partial charge is 0.220 e. The van der Waals surface area contributed by atoms with E-state index in [0.29, 0.717) is 12.8 Å². The third-order valence-electron chi connectivity index (χ3n) is 3.53. The van der Waals surface area contributed by atoms with E-state index in [1.54, 1.807) is 11.3 Å². The van der Waals surface area contributed by atoms with Gasteiger partial charge in [0.1, 0.15) is 5.01 Å². The molecule has 23 heavy (non-hydrogen) atoms. The molecule has 124 valence electrons. The molecule has 0 bridgehead atoms. The first kappa shape index (κ1) is 17.6. The molecule has 0 aliphatic rings. The van der Waals surface area contributed by atoms with Crippen molar-refractivity contribution in [2.75, 3.05) is 27.2 Å². The van der Waals surface area contributed by atoms with Crippen LogP contribution < -0.4 is 5.32 Å². The Bertz CT molecular complexity index is 637. The monoisotopic (exact) mass is 331 g/mol. The quantitative estimate of drug-likeness (QED) is 0.756. The van der Waals surface area contributed by atoms with E-state index < -0.39 is 0 Å². The highest BCUT2D eigenvalue weighted by molar-refractivity contribution is 7.13. The molecule has 1 heterocycles. The van der Waals surface area contributed by atoms with Crippen molar-refractivity contribution in [3.05, 3.63) is 40.9 Å². The summed E-state index contributed by atoms with van der Waals surface area (Å²) in [6.07, 6.45) is 2.17. The summed E-state index contributed by atoms with van der Waals surface area (Å²) >= 11 is 1.64. The van der Waals surface area contributed by atoms with Crippen LogP contribution in [-0.2, 0) is 11.2 Å². The number of hydrogen-bond acceptors (Lipinski definition) is 4. The fourth-order valence-electron chi connectivity index (χ4n) is 2.29. The standard InChI is InChI=1S/C18H25N3OS/c1-14-6-4-7-15(12-14)18-20-16(13-23-18)8-9-17(22)19-10-5-11-21(2)3/h4,6-7,12-13H,5,8-11H2,1-3H3,(H,19,22). The van der Waals surface area contributed by atoms with Crippen molar-refractivity contribution in [3.63, 3.8) is 0 Å². The van der Waals surface area contributed by atoms with Gasteiger partial charge in [0.2, 0.25) is 5.91 Å². The molecule has 1 amide bonds. The van der Waals surface area contributed by atoms with Crippen LogP contribution in [0.15, 0.2) is 29.6 Å². The number of carbonyl (C=O) groups is 1. The number of aryl methyl sites for hydroxylation is 2. The number of carbonyl (C=O) groups excluding carboxylic acids is 1. The van der Waals surface area contributed by atoms with Gasteiger partial charge >= 0.3 is 0 Å². The van der Waals surface area contributed by atoms with Crippen molar-refractivity contribution in [1.82, 2.24) is 15.2 Å². The lowest BCUT2D eigenvalue weighted by molar-refractivity contribution is -0.121. The summed E-state index contributed by atoms with van der Waals surface area (Å²) in [5.41, 5.74) is 3.38. The molecule has 0 saturated heterocycles. The second kappa shape index (κ2) is 8.79. The van der Waals surface area contributed by atoms with Gasteiger partial charge in [0.25, 0.3) is 0 Å². The lowest BCUT2D eigenvalue weighted by atomic mass is 10.1. The van der Waals surface area contributed by atoms with Gasteiger partial charge in [0, 0.05) is 23.9 Å². The van der Waals surface area contributed by atoms with Crippen LogP contribution in [0, 0.1) is 6.92 Å². The number of benzene rings is 1. The normalized spacial score (nSPS) is 11.0. The van der Waals surface area contributed by atoms with E-state index in [0.717, 1.165) is 35.8 Å². The molecule has 0 fully saturated rings. The van der Waals surface area contributed by atoms with Gasteiger partial charge in [0.15, 0.2) is 0 Å². The molecular formula is C18H25N3OS. The first-order valence-corrected chi connectivity index (χ1v) is 8.85. The van der Waals surface area contributed by atoms with Crippen molar-refractivity contribution in [3.8, 4) is 10.6 Å². The Kier molecular flexibility index (Phi) is 6.74. The van der Waals surface area contributed by atoms with Gasteiger partial charge in [-0.05, 0) is 46.5 Å². The SMILES string of the molecule is Cc1cccc(-c2nc(CCC(=O)NCCCN(C)C)cs2)c1. The Morgan fingerprint density at radius 2 is 2.17 bits per heavy atom. The summed E-state index contributed by atoms with van der Waals surface area (Å²) in [6, 6.07) is 8.35. The van der Waals surface area contributed by atoms with Crippen LogP contribution in [0.1, 0.15) is 24.1 Å². The molecular weight excluding hydrogens is 306 g/mol. The van der Waals surface area contributed by atoms with Gasteiger partial charge in [-0.3, -0.25) is 4.79 Å². The van der Waals surface area contributed by atoms with E-state index in [-0.39, 0.29) is 5.91 Å². The Hall–Kier alpha value is -1.72. The number of thiazole rings is 1. The minimum absolute atomic E-state index is 0.105. The summed E-state index contributed by atoms with van der Waals surface area (Å²) in [5.74, 6) is 0.105. The molecule has 2 aromatic rings. The molecule has 1 N–H and O–H groups in total. The lowest BCUT2D eigenvalue weighted by Crippen LogP contribution is -2.27. The molecule has 0 spiro atoms. The predicted molar refractivity (Wildman–Crippen MR) is 96.8 cm³/mol. The second-order valence-electron chi connectivity index (χ2n) is 6.02. The second-order valence-corrected chi connectivity index (χ2v) is 6.88. The first-order chi connectivity index (χ1) is 11.0. The third-order valence-corrected chi connectivity index (χ3v) is 4.47. The minimum atomic E-state index is 0.105. The summed E-state index contributed by atoms with van der Waals surface area (Å²) < 4.78 is 0. The van der Waals surface area contributed by atoms with Crippen LogP contribution in [0.3, 0.4) is 0 Å². The van der Waals surface area contributed by atoms with Gasteiger partial charge in [-0.25, -0.2) is 4.98 Å². The number of amides is 1. The van der Waals surface area contributed by atoms with Crippen LogP contribution in [0.25, 0.3) is 10.6 Å². The van der Waals surface area contributed by atoms with Crippen molar-refractivity contribution >= 4 is 17.2 Å². The highest BCUT2D eigenvalue weighted by Crippen LogP contribution is 2.24. The molecule has 2 rings (SSSR count). The van der Waals surface area contributed by atoms with E-state index in [9.17, 15) is 4.79 Å². The van der Waals surface area contributed by atoms with Gasteiger partial charge in [-0.2, -0.15) is 0 Å². The fourth-order valence-corrected chi connectivity index (χ4v) is 3.14. The molecule has 5 heteroatoms. The molecule has 0 aliphatic carbocycles. The van der Waals surface area contributed by atoms with Gasteiger partial charge in [-0.15, -0.1) is 11.3 Å². The van der Waals surface area contributed by atoms with Gasteiger partial charge in [0.05, 0.1) is 5.69 Å². The van der Waals surface area contributed by atoms with Crippen LogP contribution in [0.2, 0.25) is 0 Å². The van der Waals surface area contributed by atoms with E-state index >= 15 is 0 Å². The molecule has 4 nitrogen and oxygen atoms in total. The Morgan fingerprint density at radius 3 is 2.91 bits per heavy atom. The van der Waals surface area contributed by atoms with Crippen molar-refractivity contribution in [1.29, 1.82) is 0 Å². The topological polar surface area (TPSA) is 45.2 Å². The molecule has 1 aromatic carbocycles. The number of aromatic nitrogens is 1.